The number of Topliss-reactive ketones (excluding diaryl/α,β-unsaturated/α-hetero) is 1. The maximum atomic E-state index is 13.1. The summed E-state index contributed by atoms with van der Waals surface area (Å²) in [7, 11) is 1.91. The molecule has 0 aliphatic carbocycles. The number of pyridine rings is 1. The van der Waals surface area contributed by atoms with Crippen LogP contribution in [-0.2, 0) is 24.9 Å². The van der Waals surface area contributed by atoms with Gasteiger partial charge in [-0.05, 0) is 67.1 Å². The number of aryl methyl sites for hydroxylation is 3. The number of rotatable bonds is 7. The van der Waals surface area contributed by atoms with E-state index in [4.69, 9.17) is 4.74 Å². The zero-order valence-electron chi connectivity index (χ0n) is 24.2. The Balaban J connectivity index is 1.56. The van der Waals surface area contributed by atoms with Gasteiger partial charge in [0.2, 0.25) is 0 Å². The van der Waals surface area contributed by atoms with Crippen LogP contribution in [0.25, 0.3) is 11.0 Å². The third kappa shape index (κ3) is 5.08. The maximum absolute atomic E-state index is 13.1. The first-order valence-corrected chi connectivity index (χ1v) is 13.8. The second-order valence-corrected chi connectivity index (χ2v) is 11.6. The van der Waals surface area contributed by atoms with Crippen molar-refractivity contribution in [3.05, 3.63) is 82.2 Å². The van der Waals surface area contributed by atoms with Gasteiger partial charge in [0.1, 0.15) is 23.2 Å². The van der Waals surface area contributed by atoms with Gasteiger partial charge in [-0.15, -0.1) is 5.10 Å². The Morgan fingerprint density at radius 3 is 2.72 bits per heavy atom. The minimum absolute atomic E-state index is 0.124. The molecule has 2 aromatic heterocycles. The van der Waals surface area contributed by atoms with Crippen LogP contribution in [0.5, 0.6) is 5.75 Å². The Bertz CT molecular complexity index is 1520. The van der Waals surface area contributed by atoms with Gasteiger partial charge in [-0.1, -0.05) is 50.3 Å². The van der Waals surface area contributed by atoms with E-state index in [0.717, 1.165) is 65.1 Å². The number of carbonyl (C=O) groups excluding carboxylic acids is 1. The van der Waals surface area contributed by atoms with Gasteiger partial charge in [-0.2, -0.15) is 0 Å². The number of ketones is 1. The van der Waals surface area contributed by atoms with E-state index >= 15 is 0 Å². The van der Waals surface area contributed by atoms with Crippen molar-refractivity contribution in [3.63, 3.8) is 0 Å². The van der Waals surface area contributed by atoms with Gasteiger partial charge in [0.25, 0.3) is 0 Å². The summed E-state index contributed by atoms with van der Waals surface area (Å²) in [5, 5.41) is 8.67. The Kier molecular flexibility index (Phi) is 7.29. The van der Waals surface area contributed by atoms with Gasteiger partial charge in [-0.25, -0.2) is 4.68 Å². The van der Waals surface area contributed by atoms with Crippen molar-refractivity contribution in [1.82, 2.24) is 24.9 Å². The fraction of sp³-hybridized carbons (Fsp3) is 0.438. The van der Waals surface area contributed by atoms with Gasteiger partial charge < -0.3 is 4.74 Å². The average molecular weight is 526 g/mol. The second kappa shape index (κ2) is 10.5. The molecular formula is C32H39N5O2. The lowest BCUT2D eigenvalue weighted by molar-refractivity contribution is -0.125. The van der Waals surface area contributed by atoms with Crippen molar-refractivity contribution < 1.29 is 9.53 Å². The van der Waals surface area contributed by atoms with Crippen LogP contribution < -0.4 is 4.74 Å². The highest BCUT2D eigenvalue weighted by Gasteiger charge is 2.38. The minimum atomic E-state index is -0.610. The highest BCUT2D eigenvalue weighted by Crippen LogP contribution is 2.44. The largest absolute Gasteiger partial charge is 0.489 e. The highest BCUT2D eigenvalue weighted by atomic mass is 16.5. The first-order chi connectivity index (χ1) is 18.6. The quantitative estimate of drug-likeness (QED) is 0.299. The van der Waals surface area contributed by atoms with Gasteiger partial charge in [0.05, 0.1) is 5.52 Å². The van der Waals surface area contributed by atoms with Crippen LogP contribution in [0.2, 0.25) is 0 Å². The third-order valence-corrected chi connectivity index (χ3v) is 8.58. The maximum Gasteiger partial charge on any atom is 0.136 e. The average Bonchev–Trinajstić information content (AvgIpc) is 3.18. The fourth-order valence-electron chi connectivity index (χ4n) is 5.82. The summed E-state index contributed by atoms with van der Waals surface area (Å²) in [6, 6.07) is 12.9. The van der Waals surface area contributed by atoms with Crippen molar-refractivity contribution >= 4 is 16.8 Å². The number of benzene rings is 2. The number of carbonyl (C=O) groups is 1. The van der Waals surface area contributed by atoms with Crippen molar-refractivity contribution in [2.75, 3.05) is 6.54 Å². The molecule has 0 unspecified atom stereocenters. The summed E-state index contributed by atoms with van der Waals surface area (Å²) in [5.74, 6) is 0.970. The number of hydrogen-bond acceptors (Lipinski definition) is 6. The van der Waals surface area contributed by atoms with E-state index in [1.807, 2.05) is 19.3 Å². The standard InChI is InChI=1S/C32H39N5O2/c1-8-26-19-37(18-25-16-33-14-13-29(25)39-26)17-24-15-23(10-9-20(24)2)30(32(5,6)22(4)38)27-11-12-28-31(21(27)3)34-35-36(28)7/h9-16,26,30H,8,17-19H2,1-7H3/t26-,30+/m1/s1. The number of hydrogen-bond donors (Lipinski definition) is 0. The molecule has 0 saturated heterocycles. The van der Waals surface area contributed by atoms with E-state index in [1.165, 1.54) is 11.1 Å². The molecule has 0 bridgehead atoms. The normalized spacial score (nSPS) is 16.9. The predicted molar refractivity (Wildman–Crippen MR) is 154 cm³/mol. The summed E-state index contributed by atoms with van der Waals surface area (Å²) in [6.07, 6.45) is 4.78. The Morgan fingerprint density at radius 2 is 1.97 bits per heavy atom. The summed E-state index contributed by atoms with van der Waals surface area (Å²) in [6.45, 7) is 14.7. The number of aromatic nitrogens is 4. The Hall–Kier alpha value is -3.58. The van der Waals surface area contributed by atoms with E-state index in [-0.39, 0.29) is 17.8 Å². The summed E-state index contributed by atoms with van der Waals surface area (Å²) in [4.78, 5) is 19.9. The monoisotopic (exact) mass is 525 g/mol. The van der Waals surface area contributed by atoms with Crippen LogP contribution in [0, 0.1) is 19.3 Å². The molecule has 0 saturated carbocycles. The van der Waals surface area contributed by atoms with Gasteiger partial charge in [0, 0.05) is 56.0 Å². The molecule has 4 aromatic rings. The van der Waals surface area contributed by atoms with Crippen LogP contribution in [0.3, 0.4) is 0 Å². The minimum Gasteiger partial charge on any atom is -0.489 e. The van der Waals surface area contributed by atoms with Crippen molar-refractivity contribution in [2.24, 2.45) is 12.5 Å². The topological polar surface area (TPSA) is 73.1 Å². The molecular weight excluding hydrogens is 486 g/mol. The van der Waals surface area contributed by atoms with Crippen molar-refractivity contribution in [1.29, 1.82) is 0 Å². The lowest BCUT2D eigenvalue weighted by atomic mass is 9.68. The number of ether oxygens (including phenoxy) is 1. The van der Waals surface area contributed by atoms with E-state index in [0.29, 0.717) is 0 Å². The molecule has 2 atom stereocenters. The molecule has 1 aliphatic heterocycles. The Labute approximate surface area is 231 Å². The van der Waals surface area contributed by atoms with Crippen LogP contribution >= 0.6 is 0 Å². The lowest BCUT2D eigenvalue weighted by Crippen LogP contribution is -2.33. The molecule has 1 aliphatic rings. The fourth-order valence-corrected chi connectivity index (χ4v) is 5.82. The van der Waals surface area contributed by atoms with Crippen LogP contribution in [0.1, 0.15) is 73.4 Å². The summed E-state index contributed by atoms with van der Waals surface area (Å²) in [5.41, 5.74) is 8.21. The zero-order valence-corrected chi connectivity index (χ0v) is 24.2. The smallest absolute Gasteiger partial charge is 0.136 e. The van der Waals surface area contributed by atoms with E-state index in [1.54, 1.807) is 17.8 Å². The molecule has 0 radical (unpaired) electrons. The molecule has 0 amide bonds. The van der Waals surface area contributed by atoms with Crippen molar-refractivity contribution in [3.8, 4) is 5.75 Å². The molecule has 0 fully saturated rings. The van der Waals surface area contributed by atoms with Crippen molar-refractivity contribution in [2.45, 2.75) is 73.1 Å². The summed E-state index contributed by atoms with van der Waals surface area (Å²) >= 11 is 0. The van der Waals surface area contributed by atoms with Crippen LogP contribution in [0.4, 0.5) is 0 Å². The number of nitrogens with zero attached hydrogens (tertiary/aromatic N) is 5. The first kappa shape index (κ1) is 27.0. The van der Waals surface area contributed by atoms with Crippen LogP contribution in [0.15, 0.2) is 48.8 Å². The molecule has 204 valence electrons. The molecule has 0 spiro atoms. The number of fused-ring (bicyclic) bond motifs is 2. The Morgan fingerprint density at radius 1 is 1.18 bits per heavy atom. The molecule has 39 heavy (non-hydrogen) atoms. The third-order valence-electron chi connectivity index (χ3n) is 8.58. The van der Waals surface area contributed by atoms with E-state index in [2.05, 4.69) is 85.1 Å². The van der Waals surface area contributed by atoms with Gasteiger partial charge >= 0.3 is 0 Å². The van der Waals surface area contributed by atoms with Gasteiger partial charge in [-0.3, -0.25) is 14.7 Å². The molecule has 7 heteroatoms. The second-order valence-electron chi connectivity index (χ2n) is 11.6. The van der Waals surface area contributed by atoms with E-state index < -0.39 is 5.41 Å². The zero-order chi connectivity index (χ0) is 27.9. The molecule has 0 N–H and O–H groups in total. The molecule has 3 heterocycles. The first-order valence-electron chi connectivity index (χ1n) is 13.8. The lowest BCUT2D eigenvalue weighted by Gasteiger charge is -2.35. The predicted octanol–water partition coefficient (Wildman–Crippen LogP) is 5.90. The van der Waals surface area contributed by atoms with Gasteiger partial charge in [0.15, 0.2) is 0 Å². The SMILES string of the molecule is CC[C@@H]1CN(Cc2cc([C@@H](c3ccc4c(nnn4C)c3C)C(C)(C)C(C)=O)ccc2C)Cc2cnccc2O1. The molecule has 5 rings (SSSR count). The molecule has 7 nitrogen and oxygen atoms in total. The summed E-state index contributed by atoms with van der Waals surface area (Å²) < 4.78 is 8.11. The highest BCUT2D eigenvalue weighted by molar-refractivity contribution is 5.85. The van der Waals surface area contributed by atoms with E-state index in [9.17, 15) is 4.79 Å². The van der Waals surface area contributed by atoms with Crippen LogP contribution in [-0.4, -0.2) is 43.3 Å². The molecule has 2 aromatic carbocycles.